The molecule has 1 saturated carbocycles. The third-order valence-corrected chi connectivity index (χ3v) is 3.41. The van der Waals surface area contributed by atoms with Gasteiger partial charge in [-0.3, -0.25) is 9.59 Å². The molecule has 4 nitrogen and oxygen atoms in total. The zero-order valence-electron chi connectivity index (χ0n) is 10.6. The first kappa shape index (κ1) is 15.3. The third-order valence-electron chi connectivity index (χ3n) is 3.41. The molecule has 0 atom stereocenters. The number of carbonyl (C=O) groups is 2. The Morgan fingerprint density at radius 2 is 1.90 bits per heavy atom. The molecule has 0 radical (unpaired) electrons. The minimum Gasteiger partial charge on any atom is -0.480 e. The summed E-state index contributed by atoms with van der Waals surface area (Å²) in [7, 11) is 0. The highest BCUT2D eigenvalue weighted by molar-refractivity contribution is 6.04. The summed E-state index contributed by atoms with van der Waals surface area (Å²) in [5.41, 5.74) is -3.04. The smallest absolute Gasteiger partial charge is 0.416 e. The van der Waals surface area contributed by atoms with Gasteiger partial charge in [0.1, 0.15) is 11.2 Å². The summed E-state index contributed by atoms with van der Waals surface area (Å²) in [4.78, 5) is 22.6. The molecule has 0 unspecified atom stereocenters. The third kappa shape index (κ3) is 2.98. The SMILES string of the molecule is O=C(O)C1(C(=O)NCc2ccc(F)cc2C(F)(F)F)CC1. The van der Waals surface area contributed by atoms with Crippen LogP contribution in [0.2, 0.25) is 0 Å². The quantitative estimate of drug-likeness (QED) is 0.663. The highest BCUT2D eigenvalue weighted by Gasteiger charge is 2.57. The lowest BCUT2D eigenvalue weighted by Gasteiger charge is -2.15. The monoisotopic (exact) mass is 305 g/mol. The fourth-order valence-corrected chi connectivity index (χ4v) is 1.97. The number of benzene rings is 1. The van der Waals surface area contributed by atoms with Crippen LogP contribution < -0.4 is 5.32 Å². The molecular weight excluding hydrogens is 294 g/mol. The van der Waals surface area contributed by atoms with E-state index in [9.17, 15) is 27.2 Å². The lowest BCUT2D eigenvalue weighted by molar-refractivity contribution is -0.149. The van der Waals surface area contributed by atoms with Crippen LogP contribution >= 0.6 is 0 Å². The molecule has 21 heavy (non-hydrogen) atoms. The van der Waals surface area contributed by atoms with Gasteiger partial charge < -0.3 is 10.4 Å². The topological polar surface area (TPSA) is 66.4 Å². The molecule has 0 aliphatic heterocycles. The normalized spacial score (nSPS) is 16.4. The number of rotatable bonds is 4. The Labute approximate surface area is 116 Å². The van der Waals surface area contributed by atoms with Crippen LogP contribution in [-0.2, 0) is 22.3 Å². The Morgan fingerprint density at radius 3 is 2.38 bits per heavy atom. The van der Waals surface area contributed by atoms with Crippen molar-refractivity contribution in [1.82, 2.24) is 5.32 Å². The van der Waals surface area contributed by atoms with Gasteiger partial charge in [0.15, 0.2) is 0 Å². The number of carboxylic acids is 1. The minimum absolute atomic E-state index is 0.156. The average Bonchev–Trinajstić information content (AvgIpc) is 3.17. The number of carboxylic acid groups (broad SMARTS) is 1. The van der Waals surface area contributed by atoms with E-state index >= 15 is 0 Å². The Morgan fingerprint density at radius 1 is 1.29 bits per heavy atom. The Kier molecular flexibility index (Phi) is 3.65. The Bertz CT molecular complexity index is 594. The highest BCUT2D eigenvalue weighted by Crippen LogP contribution is 2.46. The van der Waals surface area contributed by atoms with E-state index in [2.05, 4.69) is 5.32 Å². The molecule has 0 bridgehead atoms. The van der Waals surface area contributed by atoms with Crippen LogP contribution in [0.4, 0.5) is 17.6 Å². The van der Waals surface area contributed by atoms with Crippen molar-refractivity contribution < 1.29 is 32.3 Å². The van der Waals surface area contributed by atoms with E-state index in [1.807, 2.05) is 0 Å². The second kappa shape index (κ2) is 5.01. The molecule has 1 amide bonds. The number of hydrogen-bond donors (Lipinski definition) is 2. The predicted octanol–water partition coefficient (Wildman–Crippen LogP) is 2.33. The maximum atomic E-state index is 12.9. The summed E-state index contributed by atoms with van der Waals surface area (Å²) >= 11 is 0. The number of hydrogen-bond acceptors (Lipinski definition) is 2. The summed E-state index contributed by atoms with van der Waals surface area (Å²) in [6.07, 6.45) is -4.44. The van der Waals surface area contributed by atoms with Gasteiger partial charge in [-0.15, -0.1) is 0 Å². The molecule has 1 aliphatic carbocycles. The number of nitrogens with one attached hydrogen (secondary N) is 1. The summed E-state index contributed by atoms with van der Waals surface area (Å²) in [5, 5.41) is 11.1. The Balaban J connectivity index is 2.14. The second-order valence-corrected chi connectivity index (χ2v) is 4.87. The molecular formula is C13H11F4NO3. The van der Waals surface area contributed by atoms with Gasteiger partial charge in [-0.1, -0.05) is 6.07 Å². The van der Waals surface area contributed by atoms with E-state index in [-0.39, 0.29) is 18.4 Å². The Hall–Kier alpha value is -2.12. The fourth-order valence-electron chi connectivity index (χ4n) is 1.97. The summed E-state index contributed by atoms with van der Waals surface area (Å²) < 4.78 is 51.2. The van der Waals surface area contributed by atoms with Gasteiger partial charge in [0.25, 0.3) is 0 Å². The van der Waals surface area contributed by atoms with Crippen LogP contribution in [0.5, 0.6) is 0 Å². The van der Waals surface area contributed by atoms with Crippen molar-refractivity contribution in [3.05, 3.63) is 35.1 Å². The second-order valence-electron chi connectivity index (χ2n) is 4.87. The molecule has 1 fully saturated rings. The van der Waals surface area contributed by atoms with Gasteiger partial charge in [-0.2, -0.15) is 13.2 Å². The molecule has 2 N–H and O–H groups in total. The van der Waals surface area contributed by atoms with Crippen LogP contribution in [0.1, 0.15) is 24.0 Å². The van der Waals surface area contributed by atoms with Crippen molar-refractivity contribution in [2.24, 2.45) is 5.41 Å². The summed E-state index contributed by atoms with van der Waals surface area (Å²) in [6.45, 7) is -0.511. The van der Waals surface area contributed by atoms with Crippen LogP contribution in [0.3, 0.4) is 0 Å². The van der Waals surface area contributed by atoms with Crippen LogP contribution in [0.15, 0.2) is 18.2 Å². The first-order chi connectivity index (χ1) is 9.67. The average molecular weight is 305 g/mol. The molecule has 0 heterocycles. The number of amides is 1. The van der Waals surface area contributed by atoms with Crippen molar-refractivity contribution >= 4 is 11.9 Å². The molecule has 0 spiro atoms. The first-order valence-electron chi connectivity index (χ1n) is 6.04. The van der Waals surface area contributed by atoms with Gasteiger partial charge in [-0.05, 0) is 30.5 Å². The van der Waals surface area contributed by atoms with E-state index in [0.29, 0.717) is 6.07 Å². The van der Waals surface area contributed by atoms with E-state index < -0.39 is 41.4 Å². The van der Waals surface area contributed by atoms with Gasteiger partial charge in [0, 0.05) is 6.54 Å². The van der Waals surface area contributed by atoms with Crippen molar-refractivity contribution in [3.8, 4) is 0 Å². The molecule has 0 saturated heterocycles. The predicted molar refractivity (Wildman–Crippen MR) is 62.6 cm³/mol. The lowest BCUT2D eigenvalue weighted by Crippen LogP contribution is -2.37. The molecule has 1 aromatic rings. The molecule has 114 valence electrons. The number of halogens is 4. The molecule has 8 heteroatoms. The van der Waals surface area contributed by atoms with Crippen molar-refractivity contribution in [2.45, 2.75) is 25.6 Å². The summed E-state index contributed by atoms with van der Waals surface area (Å²) in [6, 6.07) is 2.10. The highest BCUT2D eigenvalue weighted by atomic mass is 19.4. The lowest BCUT2D eigenvalue weighted by atomic mass is 10.0. The van der Waals surface area contributed by atoms with Crippen LogP contribution in [-0.4, -0.2) is 17.0 Å². The fraction of sp³-hybridized carbons (Fsp3) is 0.385. The zero-order valence-corrected chi connectivity index (χ0v) is 10.6. The van der Waals surface area contributed by atoms with Crippen molar-refractivity contribution in [1.29, 1.82) is 0 Å². The van der Waals surface area contributed by atoms with Crippen LogP contribution in [0.25, 0.3) is 0 Å². The van der Waals surface area contributed by atoms with Crippen molar-refractivity contribution in [2.75, 3.05) is 0 Å². The van der Waals surface area contributed by atoms with Gasteiger partial charge in [0.05, 0.1) is 5.56 Å². The molecule has 1 aliphatic rings. The number of carbonyl (C=O) groups excluding carboxylic acids is 1. The molecule has 0 aromatic heterocycles. The van der Waals surface area contributed by atoms with E-state index in [0.717, 1.165) is 12.1 Å². The number of aliphatic carboxylic acids is 1. The van der Waals surface area contributed by atoms with Gasteiger partial charge in [-0.25, -0.2) is 4.39 Å². The molecule has 1 aromatic carbocycles. The molecule has 2 rings (SSSR count). The maximum Gasteiger partial charge on any atom is 0.416 e. The first-order valence-corrected chi connectivity index (χ1v) is 6.04. The van der Waals surface area contributed by atoms with Gasteiger partial charge in [0.2, 0.25) is 5.91 Å². The van der Waals surface area contributed by atoms with E-state index in [4.69, 9.17) is 5.11 Å². The number of alkyl halides is 3. The summed E-state index contributed by atoms with van der Waals surface area (Å²) in [5.74, 6) is -3.16. The van der Waals surface area contributed by atoms with Crippen molar-refractivity contribution in [3.63, 3.8) is 0 Å². The minimum atomic E-state index is -4.76. The largest absolute Gasteiger partial charge is 0.480 e. The van der Waals surface area contributed by atoms with E-state index in [1.54, 1.807) is 0 Å². The van der Waals surface area contributed by atoms with E-state index in [1.165, 1.54) is 0 Å². The maximum absolute atomic E-state index is 12.9. The van der Waals surface area contributed by atoms with Crippen LogP contribution in [0, 0.1) is 11.2 Å². The standard InChI is InChI=1S/C13H11F4NO3/c14-8-2-1-7(9(5-8)13(15,16)17)6-18-10(19)12(3-4-12)11(20)21/h1-2,5H,3-4,6H2,(H,18,19)(H,20,21). The zero-order chi connectivity index (χ0) is 15.8. The van der Waals surface area contributed by atoms with Gasteiger partial charge >= 0.3 is 12.1 Å².